The van der Waals surface area contributed by atoms with Crippen LogP contribution < -0.4 is 5.73 Å². The molecule has 0 atom stereocenters. The summed E-state index contributed by atoms with van der Waals surface area (Å²) in [6, 6.07) is 12.0. The molecule has 2 nitrogen and oxygen atoms in total. The van der Waals surface area contributed by atoms with Gasteiger partial charge in [-0.15, -0.1) is 0 Å². The monoisotopic (exact) mass is 261 g/mol. The van der Waals surface area contributed by atoms with Crippen molar-refractivity contribution in [2.45, 2.75) is 27.0 Å². The first-order valence-corrected chi connectivity index (χ1v) is 6.43. The molecule has 2 rings (SSSR count). The van der Waals surface area contributed by atoms with Gasteiger partial charge in [0.05, 0.1) is 6.61 Å². The van der Waals surface area contributed by atoms with Crippen LogP contribution in [0.2, 0.25) is 0 Å². The van der Waals surface area contributed by atoms with Crippen molar-refractivity contribution in [3.63, 3.8) is 0 Å². The molecule has 0 saturated carbocycles. The lowest BCUT2D eigenvalue weighted by Crippen LogP contribution is -1.97. The average molecular weight is 261 g/mol. The number of halogens is 1. The van der Waals surface area contributed by atoms with E-state index in [1.54, 1.807) is 30.3 Å². The highest BCUT2D eigenvalue weighted by atomic mass is 19.1. The summed E-state index contributed by atoms with van der Waals surface area (Å²) in [6.07, 6.45) is 0. The van der Waals surface area contributed by atoms with Crippen LogP contribution in [0, 0.1) is 5.82 Å². The van der Waals surface area contributed by atoms with Gasteiger partial charge in [0.2, 0.25) is 0 Å². The van der Waals surface area contributed by atoms with Crippen molar-refractivity contribution in [3.8, 4) is 11.1 Å². The van der Waals surface area contributed by atoms with Crippen molar-refractivity contribution in [2.24, 2.45) is 5.73 Å². The summed E-state index contributed by atoms with van der Waals surface area (Å²) < 4.78 is 13.7. The molecule has 102 valence electrons. The maximum absolute atomic E-state index is 13.7. The third-order valence-corrected chi connectivity index (χ3v) is 2.69. The molecule has 0 aliphatic rings. The van der Waals surface area contributed by atoms with E-state index in [0.29, 0.717) is 12.1 Å². The molecule has 0 aliphatic heterocycles. The number of rotatable bonds is 3. The number of benzene rings is 2. The van der Waals surface area contributed by atoms with Gasteiger partial charge in [-0.05, 0) is 34.9 Å². The van der Waals surface area contributed by atoms with Crippen molar-refractivity contribution in [1.82, 2.24) is 0 Å². The van der Waals surface area contributed by atoms with Gasteiger partial charge in [0, 0.05) is 12.1 Å². The fourth-order valence-corrected chi connectivity index (χ4v) is 1.76. The molecule has 3 N–H and O–H groups in total. The van der Waals surface area contributed by atoms with E-state index in [0.717, 1.165) is 16.7 Å². The van der Waals surface area contributed by atoms with E-state index in [9.17, 15) is 4.39 Å². The molecule has 0 radical (unpaired) electrons. The van der Waals surface area contributed by atoms with Gasteiger partial charge in [0.25, 0.3) is 0 Å². The molecule has 2 aromatic rings. The molecule has 0 amide bonds. The smallest absolute Gasteiger partial charge is 0.131 e. The van der Waals surface area contributed by atoms with Crippen LogP contribution in [0.5, 0.6) is 0 Å². The predicted octanol–water partition coefficient (Wildman–Crippen LogP) is 3.47. The summed E-state index contributed by atoms with van der Waals surface area (Å²) in [4.78, 5) is 0. The number of aliphatic hydroxyl groups excluding tert-OH is 1. The Labute approximate surface area is 113 Å². The fourth-order valence-electron chi connectivity index (χ4n) is 1.76. The molecular formula is C16H20FNO. The minimum atomic E-state index is -0.280. The van der Waals surface area contributed by atoms with E-state index in [1.165, 1.54) is 6.07 Å². The van der Waals surface area contributed by atoms with E-state index in [1.807, 2.05) is 19.9 Å². The quantitative estimate of drug-likeness (QED) is 0.888. The molecule has 0 aromatic heterocycles. The summed E-state index contributed by atoms with van der Waals surface area (Å²) in [5, 5.41) is 9.07. The first-order chi connectivity index (χ1) is 9.24. The molecule has 0 bridgehead atoms. The van der Waals surface area contributed by atoms with Crippen LogP contribution in [0.4, 0.5) is 4.39 Å². The van der Waals surface area contributed by atoms with Crippen molar-refractivity contribution in [2.75, 3.05) is 0 Å². The Morgan fingerprint density at radius 3 is 2.42 bits per heavy atom. The molecule has 0 spiro atoms. The van der Waals surface area contributed by atoms with Crippen LogP contribution in [0.25, 0.3) is 11.1 Å². The van der Waals surface area contributed by atoms with Gasteiger partial charge in [-0.25, -0.2) is 4.39 Å². The topological polar surface area (TPSA) is 46.2 Å². The van der Waals surface area contributed by atoms with Crippen LogP contribution >= 0.6 is 0 Å². The van der Waals surface area contributed by atoms with E-state index < -0.39 is 0 Å². The summed E-state index contributed by atoms with van der Waals surface area (Å²) >= 11 is 0. The van der Waals surface area contributed by atoms with Gasteiger partial charge in [-0.2, -0.15) is 0 Å². The molecule has 2 aromatic carbocycles. The van der Waals surface area contributed by atoms with E-state index in [2.05, 4.69) is 0 Å². The van der Waals surface area contributed by atoms with Crippen LogP contribution in [0.15, 0.2) is 42.5 Å². The van der Waals surface area contributed by atoms with Crippen molar-refractivity contribution in [3.05, 3.63) is 59.4 Å². The van der Waals surface area contributed by atoms with E-state index >= 15 is 0 Å². The summed E-state index contributed by atoms with van der Waals surface area (Å²) in [5.41, 5.74) is 8.46. The summed E-state index contributed by atoms with van der Waals surface area (Å²) in [5.74, 6) is -0.280. The normalized spacial score (nSPS) is 9.74. The van der Waals surface area contributed by atoms with Crippen molar-refractivity contribution < 1.29 is 9.50 Å². The number of nitrogens with two attached hydrogens (primary N) is 1. The largest absolute Gasteiger partial charge is 0.392 e. The SMILES string of the molecule is CC.NCc1ccc(F)c(-c2cccc(CO)c2)c1. The van der Waals surface area contributed by atoms with Gasteiger partial charge in [-0.3, -0.25) is 0 Å². The zero-order valence-corrected chi connectivity index (χ0v) is 11.4. The highest BCUT2D eigenvalue weighted by Gasteiger charge is 2.06. The average Bonchev–Trinajstić information content (AvgIpc) is 2.50. The zero-order chi connectivity index (χ0) is 14.3. The Balaban J connectivity index is 0.000000861. The maximum Gasteiger partial charge on any atom is 0.131 e. The van der Waals surface area contributed by atoms with Gasteiger partial charge in [0.1, 0.15) is 5.82 Å². The summed E-state index contributed by atoms with van der Waals surface area (Å²) in [6.45, 7) is 4.33. The third-order valence-electron chi connectivity index (χ3n) is 2.69. The molecule has 0 heterocycles. The van der Waals surface area contributed by atoms with Crippen LogP contribution in [0.3, 0.4) is 0 Å². The summed E-state index contributed by atoms with van der Waals surface area (Å²) in [7, 11) is 0. The van der Waals surface area contributed by atoms with Gasteiger partial charge >= 0.3 is 0 Å². The zero-order valence-electron chi connectivity index (χ0n) is 11.4. The first kappa shape index (κ1) is 15.3. The Bertz CT molecular complexity index is 526. The highest BCUT2D eigenvalue weighted by molar-refractivity contribution is 5.65. The van der Waals surface area contributed by atoms with Crippen LogP contribution in [0.1, 0.15) is 25.0 Å². The van der Waals surface area contributed by atoms with Gasteiger partial charge in [0.15, 0.2) is 0 Å². The molecule has 19 heavy (non-hydrogen) atoms. The molecule has 0 saturated heterocycles. The van der Waals surface area contributed by atoms with Gasteiger partial charge in [-0.1, -0.05) is 38.1 Å². The second-order valence-electron chi connectivity index (χ2n) is 3.88. The molecule has 0 unspecified atom stereocenters. The Kier molecular flexibility index (Phi) is 6.19. The minimum Gasteiger partial charge on any atom is -0.392 e. The van der Waals surface area contributed by atoms with Crippen LogP contribution in [-0.4, -0.2) is 5.11 Å². The Hall–Kier alpha value is -1.71. The Morgan fingerprint density at radius 1 is 1.05 bits per heavy atom. The van der Waals surface area contributed by atoms with Crippen LogP contribution in [-0.2, 0) is 13.2 Å². The predicted molar refractivity (Wildman–Crippen MR) is 77.0 cm³/mol. The highest BCUT2D eigenvalue weighted by Crippen LogP contribution is 2.24. The van der Waals surface area contributed by atoms with E-state index in [-0.39, 0.29) is 12.4 Å². The third kappa shape index (κ3) is 3.88. The first-order valence-electron chi connectivity index (χ1n) is 6.43. The lowest BCUT2D eigenvalue weighted by Gasteiger charge is -2.07. The van der Waals surface area contributed by atoms with Crippen molar-refractivity contribution in [1.29, 1.82) is 0 Å². The molecule has 0 aliphatic carbocycles. The molecule has 3 heteroatoms. The second kappa shape index (κ2) is 7.67. The number of hydrogen-bond donors (Lipinski definition) is 2. The van der Waals surface area contributed by atoms with Gasteiger partial charge < -0.3 is 10.8 Å². The maximum atomic E-state index is 13.7. The number of aliphatic hydroxyl groups is 1. The lowest BCUT2D eigenvalue weighted by molar-refractivity contribution is 0.282. The minimum absolute atomic E-state index is 0.0496. The number of hydrogen-bond acceptors (Lipinski definition) is 2. The Morgan fingerprint density at radius 2 is 1.79 bits per heavy atom. The lowest BCUT2D eigenvalue weighted by atomic mass is 10.0. The standard InChI is InChI=1S/C14H14FNO.C2H6/c15-14-5-4-10(8-16)7-13(14)12-3-1-2-11(6-12)9-17;1-2/h1-7,17H,8-9,16H2;1-2H3. The molecular weight excluding hydrogens is 241 g/mol. The van der Waals surface area contributed by atoms with Crippen molar-refractivity contribution >= 4 is 0 Å². The van der Waals surface area contributed by atoms with E-state index in [4.69, 9.17) is 10.8 Å². The fraction of sp³-hybridized carbons (Fsp3) is 0.250. The second-order valence-corrected chi connectivity index (χ2v) is 3.88. The molecule has 0 fully saturated rings.